The zero-order valence-corrected chi connectivity index (χ0v) is 18.8. The fraction of sp³-hybridized carbons (Fsp3) is 0.238. The minimum Gasteiger partial charge on any atom is -0.481 e. The van der Waals surface area contributed by atoms with Crippen molar-refractivity contribution in [3.63, 3.8) is 0 Å². The number of terminal acetylenes is 1. The summed E-state index contributed by atoms with van der Waals surface area (Å²) in [5.74, 6) is 3.63. The van der Waals surface area contributed by atoms with Gasteiger partial charge in [-0.05, 0) is 49.7 Å². The van der Waals surface area contributed by atoms with Gasteiger partial charge in [-0.3, -0.25) is 14.7 Å². The molecule has 0 fully saturated rings. The maximum atomic E-state index is 11.5. The van der Waals surface area contributed by atoms with E-state index in [1.165, 1.54) is 11.8 Å². The molecule has 3 aromatic rings. The second-order valence-electron chi connectivity index (χ2n) is 6.50. The van der Waals surface area contributed by atoms with E-state index in [0.29, 0.717) is 22.3 Å². The summed E-state index contributed by atoms with van der Waals surface area (Å²) in [7, 11) is 0. The van der Waals surface area contributed by atoms with Gasteiger partial charge in [-0.1, -0.05) is 45.7 Å². The van der Waals surface area contributed by atoms with Gasteiger partial charge in [0.05, 0.1) is 0 Å². The second-order valence-corrected chi connectivity index (χ2v) is 8.59. The number of nitro groups is 1. The van der Waals surface area contributed by atoms with Gasteiger partial charge in [-0.15, -0.1) is 16.6 Å². The predicted molar refractivity (Wildman–Crippen MR) is 120 cm³/mol. The standard InChI is InChI=1S/C21H19BrN4O3S/c1-4-10-29-19-9-8-16(22)12-18(19)20(13-25(27)28)30-21-24-23-15(3)26(21)17-7-5-6-14(2)11-17/h1,5-9,11-12,20H,10,13H2,2-3H3/t20-/m1/s1. The van der Waals surface area contributed by atoms with E-state index in [0.717, 1.165) is 15.7 Å². The SMILES string of the molecule is C#CCOc1ccc(Br)cc1[C@@H](C[N+](=O)[O-])Sc1nnc(C)n1-c1cccc(C)c1. The Morgan fingerprint density at radius 1 is 1.30 bits per heavy atom. The molecule has 3 rings (SSSR count). The molecule has 0 aliphatic rings. The highest BCUT2D eigenvalue weighted by Gasteiger charge is 2.27. The van der Waals surface area contributed by atoms with Crippen LogP contribution in [0.1, 0.15) is 22.2 Å². The van der Waals surface area contributed by atoms with E-state index < -0.39 is 5.25 Å². The van der Waals surface area contributed by atoms with Crippen LogP contribution in [0.4, 0.5) is 0 Å². The molecule has 1 heterocycles. The molecule has 0 N–H and O–H groups in total. The van der Waals surface area contributed by atoms with Gasteiger partial charge >= 0.3 is 0 Å². The van der Waals surface area contributed by atoms with E-state index in [4.69, 9.17) is 11.2 Å². The highest BCUT2D eigenvalue weighted by molar-refractivity contribution is 9.10. The molecular weight excluding hydrogens is 468 g/mol. The summed E-state index contributed by atoms with van der Waals surface area (Å²) in [6, 6.07) is 13.3. The lowest BCUT2D eigenvalue weighted by molar-refractivity contribution is -0.479. The first kappa shape index (κ1) is 21.9. The average molecular weight is 487 g/mol. The molecule has 0 radical (unpaired) electrons. The molecule has 7 nitrogen and oxygen atoms in total. The lowest BCUT2D eigenvalue weighted by Gasteiger charge is -2.18. The fourth-order valence-electron chi connectivity index (χ4n) is 2.97. The maximum Gasteiger partial charge on any atom is 0.220 e. The fourth-order valence-corrected chi connectivity index (χ4v) is 4.54. The number of benzene rings is 2. The highest BCUT2D eigenvalue weighted by Crippen LogP contribution is 2.41. The van der Waals surface area contributed by atoms with Crippen molar-refractivity contribution in [2.24, 2.45) is 0 Å². The van der Waals surface area contributed by atoms with Crippen molar-refractivity contribution in [3.05, 3.63) is 74.0 Å². The first-order valence-electron chi connectivity index (χ1n) is 9.02. The summed E-state index contributed by atoms with van der Waals surface area (Å²) in [6.07, 6.45) is 5.32. The zero-order valence-electron chi connectivity index (χ0n) is 16.4. The van der Waals surface area contributed by atoms with E-state index in [9.17, 15) is 10.1 Å². The van der Waals surface area contributed by atoms with Crippen LogP contribution in [-0.2, 0) is 0 Å². The Kier molecular flexibility index (Phi) is 7.13. The number of nitrogens with zero attached hydrogens (tertiary/aromatic N) is 4. The van der Waals surface area contributed by atoms with E-state index >= 15 is 0 Å². The molecule has 0 aliphatic carbocycles. The zero-order chi connectivity index (χ0) is 21.7. The minimum atomic E-state index is -0.558. The summed E-state index contributed by atoms with van der Waals surface area (Å²) in [5, 5.41) is 19.9. The number of aryl methyl sites for hydroxylation is 2. The van der Waals surface area contributed by atoms with Crippen molar-refractivity contribution in [2.75, 3.05) is 13.2 Å². The van der Waals surface area contributed by atoms with Crippen LogP contribution in [0.3, 0.4) is 0 Å². The molecule has 0 spiro atoms. The number of hydrogen-bond donors (Lipinski definition) is 0. The van der Waals surface area contributed by atoms with Crippen molar-refractivity contribution in [2.45, 2.75) is 24.3 Å². The van der Waals surface area contributed by atoms with E-state index in [1.807, 2.05) is 54.8 Å². The Hall–Kier alpha value is -2.83. The van der Waals surface area contributed by atoms with Gasteiger partial charge in [0.2, 0.25) is 6.54 Å². The Labute approximate surface area is 187 Å². The number of rotatable bonds is 8. The Morgan fingerprint density at radius 2 is 2.10 bits per heavy atom. The molecule has 2 aromatic carbocycles. The maximum absolute atomic E-state index is 11.5. The molecule has 1 aromatic heterocycles. The van der Waals surface area contributed by atoms with Crippen molar-refractivity contribution < 1.29 is 9.66 Å². The molecule has 0 unspecified atom stereocenters. The minimum absolute atomic E-state index is 0.0725. The van der Waals surface area contributed by atoms with E-state index in [1.54, 1.807) is 6.07 Å². The van der Waals surface area contributed by atoms with Crippen LogP contribution >= 0.6 is 27.7 Å². The van der Waals surface area contributed by atoms with Gasteiger partial charge in [0.25, 0.3) is 0 Å². The van der Waals surface area contributed by atoms with Crippen molar-refractivity contribution in [3.8, 4) is 23.8 Å². The summed E-state index contributed by atoms with van der Waals surface area (Å²) in [4.78, 5) is 11.1. The van der Waals surface area contributed by atoms with Gasteiger partial charge < -0.3 is 4.74 Å². The van der Waals surface area contributed by atoms with Gasteiger partial charge in [0.1, 0.15) is 23.4 Å². The molecular formula is C21H19BrN4O3S. The van der Waals surface area contributed by atoms with Gasteiger partial charge in [0, 0.05) is 20.6 Å². The molecule has 0 aliphatic heterocycles. The van der Waals surface area contributed by atoms with Crippen LogP contribution in [0.5, 0.6) is 5.75 Å². The summed E-state index contributed by atoms with van der Waals surface area (Å²) in [6.45, 7) is 3.61. The van der Waals surface area contributed by atoms with Crippen LogP contribution in [0.2, 0.25) is 0 Å². The molecule has 0 saturated carbocycles. The number of ether oxygens (including phenoxy) is 1. The number of halogens is 1. The van der Waals surface area contributed by atoms with Crippen LogP contribution in [0.15, 0.2) is 52.1 Å². The quantitative estimate of drug-likeness (QED) is 0.197. The normalized spacial score (nSPS) is 11.7. The largest absolute Gasteiger partial charge is 0.481 e. The van der Waals surface area contributed by atoms with Crippen molar-refractivity contribution in [1.29, 1.82) is 0 Å². The Balaban J connectivity index is 2.03. The average Bonchev–Trinajstić information content (AvgIpc) is 3.06. The van der Waals surface area contributed by atoms with Crippen LogP contribution in [0.25, 0.3) is 5.69 Å². The predicted octanol–water partition coefficient (Wildman–Crippen LogP) is 4.77. The van der Waals surface area contributed by atoms with Crippen LogP contribution in [0, 0.1) is 36.3 Å². The van der Waals surface area contributed by atoms with E-state index in [-0.39, 0.29) is 18.1 Å². The molecule has 0 saturated heterocycles. The third kappa shape index (κ3) is 5.20. The smallest absolute Gasteiger partial charge is 0.220 e. The molecule has 154 valence electrons. The Morgan fingerprint density at radius 3 is 2.80 bits per heavy atom. The lowest BCUT2D eigenvalue weighted by atomic mass is 10.1. The summed E-state index contributed by atoms with van der Waals surface area (Å²) < 4.78 is 8.32. The first-order valence-corrected chi connectivity index (χ1v) is 10.7. The summed E-state index contributed by atoms with van der Waals surface area (Å²) in [5.41, 5.74) is 2.66. The second kappa shape index (κ2) is 9.78. The third-order valence-electron chi connectivity index (χ3n) is 4.25. The molecule has 9 heteroatoms. The van der Waals surface area contributed by atoms with Gasteiger partial charge in [-0.25, -0.2) is 0 Å². The molecule has 0 amide bonds. The first-order chi connectivity index (χ1) is 14.4. The van der Waals surface area contributed by atoms with Crippen LogP contribution in [-0.4, -0.2) is 32.8 Å². The van der Waals surface area contributed by atoms with Gasteiger partial charge in [0.15, 0.2) is 5.16 Å². The number of aromatic nitrogens is 3. The monoisotopic (exact) mass is 486 g/mol. The Bertz CT molecular complexity index is 1110. The summed E-state index contributed by atoms with van der Waals surface area (Å²) >= 11 is 4.71. The third-order valence-corrected chi connectivity index (χ3v) is 5.90. The lowest BCUT2D eigenvalue weighted by Crippen LogP contribution is -2.13. The topological polar surface area (TPSA) is 83.1 Å². The molecule has 1 atom stereocenters. The van der Waals surface area contributed by atoms with Crippen molar-refractivity contribution >= 4 is 27.7 Å². The van der Waals surface area contributed by atoms with Crippen molar-refractivity contribution in [1.82, 2.24) is 14.8 Å². The van der Waals surface area contributed by atoms with E-state index in [2.05, 4.69) is 32.0 Å². The van der Waals surface area contributed by atoms with Gasteiger partial charge in [-0.2, -0.15) is 0 Å². The number of thioether (sulfide) groups is 1. The number of hydrogen-bond acceptors (Lipinski definition) is 6. The van der Waals surface area contributed by atoms with Crippen LogP contribution < -0.4 is 4.74 Å². The molecule has 30 heavy (non-hydrogen) atoms. The molecule has 0 bridgehead atoms. The highest BCUT2D eigenvalue weighted by atomic mass is 79.9.